The maximum atomic E-state index is 11.8. The molecule has 0 heterocycles. The van der Waals surface area contributed by atoms with Crippen molar-refractivity contribution >= 4 is 23.5 Å². The molecule has 4 nitrogen and oxygen atoms in total. The third kappa shape index (κ3) is 5.59. The lowest BCUT2D eigenvalue weighted by molar-refractivity contribution is 0.241. The van der Waals surface area contributed by atoms with Gasteiger partial charge in [-0.25, -0.2) is 4.79 Å². The number of urea groups is 1. The van der Waals surface area contributed by atoms with Gasteiger partial charge in [0.1, 0.15) is 0 Å². The van der Waals surface area contributed by atoms with Gasteiger partial charge in [-0.2, -0.15) is 0 Å². The molecule has 0 saturated heterocycles. The normalized spacial score (nSPS) is 16.7. The second-order valence-corrected chi connectivity index (χ2v) is 6.93. The van der Waals surface area contributed by atoms with Crippen LogP contribution in [0.2, 0.25) is 0 Å². The Bertz CT molecular complexity index is 444. The fourth-order valence-corrected chi connectivity index (χ4v) is 3.72. The number of benzene rings is 1. The second kappa shape index (κ2) is 8.29. The predicted molar refractivity (Wildman–Crippen MR) is 87.9 cm³/mol. The maximum absolute atomic E-state index is 11.8. The maximum Gasteiger partial charge on any atom is 0.319 e. The van der Waals surface area contributed by atoms with E-state index in [0.717, 1.165) is 10.9 Å². The lowest BCUT2D eigenvalue weighted by Crippen LogP contribution is -2.36. The van der Waals surface area contributed by atoms with Crippen molar-refractivity contribution in [3.8, 4) is 0 Å². The van der Waals surface area contributed by atoms with Crippen molar-refractivity contribution in [2.75, 3.05) is 11.9 Å². The molecule has 116 valence electrons. The molecular weight excluding hydrogens is 284 g/mol. The molecular formula is C16H24N2O2S. The molecule has 5 heteroatoms. The number of anilines is 1. The Morgan fingerprint density at radius 1 is 1.33 bits per heavy atom. The van der Waals surface area contributed by atoms with Crippen molar-refractivity contribution in [2.24, 2.45) is 0 Å². The molecule has 0 aromatic heterocycles. The molecule has 0 spiro atoms. The van der Waals surface area contributed by atoms with Crippen molar-refractivity contribution in [1.29, 1.82) is 0 Å². The number of carbonyl (C=O) groups excluding carboxylic acids is 1. The van der Waals surface area contributed by atoms with Crippen molar-refractivity contribution in [3.63, 3.8) is 0 Å². The number of thioether (sulfide) groups is 1. The minimum atomic E-state index is -0.229. The molecule has 0 unspecified atom stereocenters. The Hall–Kier alpha value is -1.20. The Balaban J connectivity index is 1.79. The summed E-state index contributed by atoms with van der Waals surface area (Å²) in [5.74, 6) is 0. The summed E-state index contributed by atoms with van der Waals surface area (Å²) in [4.78, 5) is 13.0. The molecule has 1 fully saturated rings. The highest BCUT2D eigenvalue weighted by molar-refractivity contribution is 8.00. The van der Waals surface area contributed by atoms with E-state index in [1.165, 1.54) is 30.6 Å². The van der Waals surface area contributed by atoms with Crippen LogP contribution in [0.1, 0.15) is 39.0 Å². The smallest absolute Gasteiger partial charge is 0.319 e. The molecule has 21 heavy (non-hydrogen) atoms. The van der Waals surface area contributed by atoms with Crippen molar-refractivity contribution in [1.82, 2.24) is 5.32 Å². The molecule has 1 aliphatic carbocycles. The van der Waals surface area contributed by atoms with E-state index in [0.29, 0.717) is 6.42 Å². The number of aliphatic hydroxyl groups is 1. The van der Waals surface area contributed by atoms with E-state index < -0.39 is 0 Å². The topological polar surface area (TPSA) is 61.4 Å². The summed E-state index contributed by atoms with van der Waals surface area (Å²) in [6.07, 6.45) is 5.89. The van der Waals surface area contributed by atoms with Gasteiger partial charge in [-0.3, -0.25) is 0 Å². The molecule has 3 N–H and O–H groups in total. The Morgan fingerprint density at radius 3 is 2.62 bits per heavy atom. The summed E-state index contributed by atoms with van der Waals surface area (Å²) in [6, 6.07) is 7.74. The zero-order valence-electron chi connectivity index (χ0n) is 12.5. The van der Waals surface area contributed by atoms with Crippen LogP contribution in [0.5, 0.6) is 0 Å². The van der Waals surface area contributed by atoms with Gasteiger partial charge in [0, 0.05) is 28.5 Å². The van der Waals surface area contributed by atoms with Crippen LogP contribution in [-0.2, 0) is 0 Å². The van der Waals surface area contributed by atoms with Gasteiger partial charge in [0.05, 0.1) is 0 Å². The zero-order valence-corrected chi connectivity index (χ0v) is 13.3. The first kappa shape index (κ1) is 16.2. The summed E-state index contributed by atoms with van der Waals surface area (Å²) in [7, 11) is 0. The highest BCUT2D eigenvalue weighted by Gasteiger charge is 2.16. The van der Waals surface area contributed by atoms with Gasteiger partial charge in [-0.15, -0.1) is 11.8 Å². The van der Waals surface area contributed by atoms with Gasteiger partial charge in [0.15, 0.2) is 0 Å². The number of nitrogens with one attached hydrogen (secondary N) is 2. The molecule has 2 rings (SSSR count). The van der Waals surface area contributed by atoms with Crippen molar-refractivity contribution in [2.45, 2.75) is 55.2 Å². The SMILES string of the molecule is C[C@H](CCO)NC(=O)Nc1ccc(SC2CCCC2)cc1. The standard InChI is InChI=1S/C16H24N2O2S/c1-12(10-11-19)17-16(20)18-13-6-8-15(9-7-13)21-14-4-2-3-5-14/h6-9,12,14,19H,2-5,10-11H2,1H3,(H2,17,18,20)/t12-/m1/s1. The number of hydrogen-bond donors (Lipinski definition) is 3. The minimum Gasteiger partial charge on any atom is -0.396 e. The van der Waals surface area contributed by atoms with E-state index >= 15 is 0 Å². The Labute approximate surface area is 130 Å². The zero-order chi connectivity index (χ0) is 15.1. The van der Waals surface area contributed by atoms with Crippen LogP contribution in [0.15, 0.2) is 29.2 Å². The minimum absolute atomic E-state index is 0.0350. The molecule has 1 atom stereocenters. The van der Waals surface area contributed by atoms with Gasteiger partial charge >= 0.3 is 6.03 Å². The van der Waals surface area contributed by atoms with E-state index in [9.17, 15) is 4.79 Å². The van der Waals surface area contributed by atoms with Gasteiger partial charge in [0.25, 0.3) is 0 Å². The van der Waals surface area contributed by atoms with E-state index in [-0.39, 0.29) is 18.7 Å². The number of hydrogen-bond acceptors (Lipinski definition) is 3. The predicted octanol–water partition coefficient (Wildman–Crippen LogP) is 3.61. The summed E-state index contributed by atoms with van der Waals surface area (Å²) in [5, 5.41) is 15.2. The molecule has 1 saturated carbocycles. The quantitative estimate of drug-likeness (QED) is 0.752. The molecule has 1 aliphatic rings. The number of rotatable bonds is 6. The molecule has 1 aromatic rings. The lowest BCUT2D eigenvalue weighted by atomic mass is 10.2. The van der Waals surface area contributed by atoms with Gasteiger partial charge in [-0.05, 0) is 50.5 Å². The van der Waals surface area contributed by atoms with Gasteiger partial charge < -0.3 is 15.7 Å². The van der Waals surface area contributed by atoms with E-state index in [1.54, 1.807) is 0 Å². The van der Waals surface area contributed by atoms with Crippen LogP contribution in [0.25, 0.3) is 0 Å². The van der Waals surface area contributed by atoms with Crippen LogP contribution in [-0.4, -0.2) is 29.0 Å². The monoisotopic (exact) mass is 308 g/mol. The lowest BCUT2D eigenvalue weighted by Gasteiger charge is -2.14. The van der Waals surface area contributed by atoms with Gasteiger partial charge in [0.2, 0.25) is 0 Å². The van der Waals surface area contributed by atoms with Crippen LogP contribution in [0, 0.1) is 0 Å². The summed E-state index contributed by atoms with van der Waals surface area (Å²) in [6.45, 7) is 1.95. The summed E-state index contributed by atoms with van der Waals surface area (Å²) < 4.78 is 0. The van der Waals surface area contributed by atoms with E-state index in [2.05, 4.69) is 22.8 Å². The number of aliphatic hydroxyl groups excluding tert-OH is 1. The first-order valence-corrected chi connectivity index (χ1v) is 8.50. The Kier molecular flexibility index (Phi) is 6.39. The van der Waals surface area contributed by atoms with Crippen LogP contribution < -0.4 is 10.6 Å². The third-order valence-electron chi connectivity index (χ3n) is 3.66. The highest BCUT2D eigenvalue weighted by Crippen LogP contribution is 2.34. The molecule has 2 amide bonds. The fraction of sp³-hybridized carbons (Fsp3) is 0.562. The summed E-state index contributed by atoms with van der Waals surface area (Å²) >= 11 is 1.94. The van der Waals surface area contributed by atoms with E-state index in [1.807, 2.05) is 30.8 Å². The van der Waals surface area contributed by atoms with Gasteiger partial charge in [-0.1, -0.05) is 12.8 Å². The third-order valence-corrected chi connectivity index (χ3v) is 5.01. The average Bonchev–Trinajstić information content (AvgIpc) is 2.94. The first-order valence-electron chi connectivity index (χ1n) is 7.62. The van der Waals surface area contributed by atoms with Crippen molar-refractivity contribution in [3.05, 3.63) is 24.3 Å². The molecule has 0 radical (unpaired) electrons. The Morgan fingerprint density at radius 2 is 2.00 bits per heavy atom. The van der Waals surface area contributed by atoms with Crippen LogP contribution in [0.3, 0.4) is 0 Å². The number of carbonyl (C=O) groups is 1. The largest absolute Gasteiger partial charge is 0.396 e. The highest BCUT2D eigenvalue weighted by atomic mass is 32.2. The van der Waals surface area contributed by atoms with E-state index in [4.69, 9.17) is 5.11 Å². The number of amides is 2. The van der Waals surface area contributed by atoms with Crippen LogP contribution in [0.4, 0.5) is 10.5 Å². The second-order valence-electron chi connectivity index (χ2n) is 5.56. The molecule has 1 aromatic carbocycles. The summed E-state index contributed by atoms with van der Waals surface area (Å²) in [5.41, 5.74) is 0.791. The average molecular weight is 308 g/mol. The molecule has 0 bridgehead atoms. The first-order chi connectivity index (χ1) is 10.2. The van der Waals surface area contributed by atoms with Crippen molar-refractivity contribution < 1.29 is 9.90 Å². The fourth-order valence-electron chi connectivity index (χ4n) is 2.47. The molecule has 0 aliphatic heterocycles. The van der Waals surface area contributed by atoms with Crippen LogP contribution >= 0.6 is 11.8 Å².